The van der Waals surface area contributed by atoms with Crippen molar-refractivity contribution in [1.29, 1.82) is 5.26 Å². The van der Waals surface area contributed by atoms with Gasteiger partial charge in [-0.1, -0.05) is 16.8 Å². The minimum atomic E-state index is -0.533. The number of aromatic nitrogens is 4. The highest BCUT2D eigenvalue weighted by Crippen LogP contribution is 2.35. The Hall–Kier alpha value is -3.79. The second-order valence-electron chi connectivity index (χ2n) is 8.52. The fourth-order valence-corrected chi connectivity index (χ4v) is 4.78. The van der Waals surface area contributed by atoms with E-state index in [1.165, 1.54) is 23.0 Å². The van der Waals surface area contributed by atoms with Crippen molar-refractivity contribution in [2.24, 2.45) is 0 Å². The zero-order chi connectivity index (χ0) is 26.6. The number of halogens is 3. The number of rotatable bonds is 7. The number of anilines is 3. The first-order chi connectivity index (χ1) is 18.4. The van der Waals surface area contributed by atoms with Crippen molar-refractivity contribution in [3.05, 3.63) is 69.3 Å². The highest BCUT2D eigenvalue weighted by Gasteiger charge is 2.18. The first-order valence-corrected chi connectivity index (χ1v) is 12.8. The number of benzene rings is 2. The Morgan fingerprint density at radius 2 is 2.05 bits per heavy atom. The van der Waals surface area contributed by atoms with Gasteiger partial charge in [0.2, 0.25) is 5.91 Å². The molecule has 194 valence electrons. The molecule has 0 spiro atoms. The minimum absolute atomic E-state index is 0.0283. The molecule has 1 aliphatic heterocycles. The molecular weight excluding hydrogens is 579 g/mol. The molecule has 1 fully saturated rings. The van der Waals surface area contributed by atoms with E-state index in [1.54, 1.807) is 17.2 Å². The molecule has 0 unspecified atom stereocenters. The molecule has 3 heterocycles. The Bertz CT molecular complexity index is 1550. The number of morpholine rings is 1. The Labute approximate surface area is 230 Å². The monoisotopic (exact) mass is 598 g/mol. The van der Waals surface area contributed by atoms with Crippen LogP contribution in [0.2, 0.25) is 5.02 Å². The number of nitrogens with zero attached hydrogens (tertiary/aromatic N) is 6. The molecule has 0 atom stereocenters. The predicted octanol–water partition coefficient (Wildman–Crippen LogP) is 4.47. The number of ether oxygens (including phenoxy) is 1. The molecule has 0 bridgehead atoms. The van der Waals surface area contributed by atoms with Crippen LogP contribution in [0.1, 0.15) is 11.3 Å². The van der Waals surface area contributed by atoms with Crippen molar-refractivity contribution in [3.8, 4) is 6.07 Å². The highest BCUT2D eigenvalue weighted by molar-refractivity contribution is 9.10. The van der Waals surface area contributed by atoms with Gasteiger partial charge >= 0.3 is 0 Å². The largest absolute Gasteiger partial charge is 0.379 e. The fraction of sp³-hybridized carbons (Fsp3) is 0.240. The SMILES string of the molecule is N#Cc1cnc2c(Br)cc(NCc3cn(CC(=O)N4CCOCC4)nn3)cc2c1Nc1ccc(F)c(Cl)c1. The quantitative estimate of drug-likeness (QED) is 0.319. The Morgan fingerprint density at radius 1 is 1.24 bits per heavy atom. The third-order valence-corrected chi connectivity index (χ3v) is 6.85. The van der Waals surface area contributed by atoms with Crippen LogP contribution in [-0.2, 0) is 22.6 Å². The molecule has 10 nitrogen and oxygen atoms in total. The van der Waals surface area contributed by atoms with Crippen LogP contribution in [0.25, 0.3) is 10.9 Å². The third kappa shape index (κ3) is 5.70. The molecule has 38 heavy (non-hydrogen) atoms. The summed E-state index contributed by atoms with van der Waals surface area (Å²) in [5, 5.41) is 25.1. The average Bonchev–Trinajstić information content (AvgIpc) is 3.37. The average molecular weight is 600 g/mol. The van der Waals surface area contributed by atoms with Crippen LogP contribution in [-0.4, -0.2) is 57.1 Å². The molecule has 2 aromatic carbocycles. The summed E-state index contributed by atoms with van der Waals surface area (Å²) in [6.07, 6.45) is 3.20. The summed E-state index contributed by atoms with van der Waals surface area (Å²) in [4.78, 5) is 18.6. The van der Waals surface area contributed by atoms with Crippen molar-refractivity contribution in [2.45, 2.75) is 13.1 Å². The summed E-state index contributed by atoms with van der Waals surface area (Å²) in [5.74, 6) is -0.562. The molecule has 1 aliphatic rings. The van der Waals surface area contributed by atoms with Gasteiger partial charge in [0.15, 0.2) is 0 Å². The van der Waals surface area contributed by atoms with Gasteiger partial charge in [0.05, 0.1) is 47.7 Å². The fourth-order valence-electron chi connectivity index (χ4n) is 4.04. The van der Waals surface area contributed by atoms with Crippen LogP contribution < -0.4 is 10.6 Å². The normalized spacial score (nSPS) is 13.4. The number of amides is 1. The zero-order valence-electron chi connectivity index (χ0n) is 19.9. The number of carbonyl (C=O) groups is 1. The van der Waals surface area contributed by atoms with Gasteiger partial charge in [0, 0.05) is 40.5 Å². The summed E-state index contributed by atoms with van der Waals surface area (Å²) in [5.41, 5.74) is 3.38. The molecule has 2 N–H and O–H groups in total. The van der Waals surface area contributed by atoms with E-state index in [2.05, 4.69) is 47.9 Å². The van der Waals surface area contributed by atoms with Crippen LogP contribution in [0.4, 0.5) is 21.5 Å². The molecule has 1 saturated heterocycles. The van der Waals surface area contributed by atoms with Crippen LogP contribution in [0, 0.1) is 17.1 Å². The molecule has 1 amide bonds. The number of hydrogen-bond donors (Lipinski definition) is 2. The van der Waals surface area contributed by atoms with Gasteiger partial charge in [0.25, 0.3) is 0 Å². The van der Waals surface area contributed by atoms with Crippen molar-refractivity contribution in [3.63, 3.8) is 0 Å². The van der Waals surface area contributed by atoms with E-state index < -0.39 is 5.82 Å². The summed E-state index contributed by atoms with van der Waals surface area (Å²) in [7, 11) is 0. The van der Waals surface area contributed by atoms with E-state index in [0.717, 1.165) is 5.69 Å². The van der Waals surface area contributed by atoms with E-state index in [0.29, 0.717) is 70.9 Å². The molecule has 0 saturated carbocycles. The zero-order valence-corrected chi connectivity index (χ0v) is 22.3. The summed E-state index contributed by atoms with van der Waals surface area (Å²) in [6.45, 7) is 2.70. The number of nitrogens with one attached hydrogen (secondary N) is 2. The van der Waals surface area contributed by atoms with Crippen LogP contribution in [0.3, 0.4) is 0 Å². The highest BCUT2D eigenvalue weighted by atomic mass is 79.9. The van der Waals surface area contributed by atoms with Gasteiger partial charge in [0.1, 0.15) is 24.1 Å². The van der Waals surface area contributed by atoms with Crippen molar-refractivity contribution in [1.82, 2.24) is 24.9 Å². The van der Waals surface area contributed by atoms with Crippen LogP contribution in [0.15, 0.2) is 47.2 Å². The number of fused-ring (bicyclic) bond motifs is 1. The van der Waals surface area contributed by atoms with Crippen molar-refractivity contribution >= 4 is 61.4 Å². The number of carbonyl (C=O) groups excluding carboxylic acids is 1. The first-order valence-electron chi connectivity index (χ1n) is 11.6. The van der Waals surface area contributed by atoms with Crippen LogP contribution >= 0.6 is 27.5 Å². The lowest BCUT2D eigenvalue weighted by molar-refractivity contribution is -0.136. The Balaban J connectivity index is 1.35. The van der Waals surface area contributed by atoms with Gasteiger partial charge in [-0.3, -0.25) is 9.78 Å². The molecule has 13 heteroatoms. The van der Waals surface area contributed by atoms with Gasteiger partial charge in [-0.05, 0) is 46.3 Å². The Morgan fingerprint density at radius 3 is 2.82 bits per heavy atom. The van der Waals surface area contributed by atoms with E-state index in [1.807, 2.05) is 12.1 Å². The smallest absolute Gasteiger partial charge is 0.244 e. The summed E-state index contributed by atoms with van der Waals surface area (Å²) < 4.78 is 21.2. The third-order valence-electron chi connectivity index (χ3n) is 5.95. The lowest BCUT2D eigenvalue weighted by atomic mass is 10.1. The van der Waals surface area contributed by atoms with Gasteiger partial charge in [-0.25, -0.2) is 9.07 Å². The summed E-state index contributed by atoms with van der Waals surface area (Å²) in [6, 6.07) is 10.1. The summed E-state index contributed by atoms with van der Waals surface area (Å²) >= 11 is 9.51. The molecule has 0 radical (unpaired) electrons. The first kappa shape index (κ1) is 25.8. The molecule has 2 aromatic heterocycles. The van der Waals surface area contributed by atoms with Crippen molar-refractivity contribution < 1.29 is 13.9 Å². The lowest BCUT2D eigenvalue weighted by Crippen LogP contribution is -2.42. The van der Waals surface area contributed by atoms with E-state index >= 15 is 0 Å². The van der Waals surface area contributed by atoms with Crippen LogP contribution in [0.5, 0.6) is 0 Å². The van der Waals surface area contributed by atoms with E-state index in [4.69, 9.17) is 16.3 Å². The van der Waals surface area contributed by atoms with Gasteiger partial charge in [-0.15, -0.1) is 5.10 Å². The van der Waals surface area contributed by atoms with Crippen molar-refractivity contribution in [2.75, 3.05) is 36.9 Å². The maximum atomic E-state index is 13.6. The molecule has 5 rings (SSSR count). The number of nitriles is 1. The maximum Gasteiger partial charge on any atom is 0.244 e. The van der Waals surface area contributed by atoms with Gasteiger partial charge < -0.3 is 20.3 Å². The topological polar surface area (TPSA) is 121 Å². The Kier molecular flexibility index (Phi) is 7.69. The lowest BCUT2D eigenvalue weighted by Gasteiger charge is -2.26. The van der Waals surface area contributed by atoms with E-state index in [-0.39, 0.29) is 17.5 Å². The maximum absolute atomic E-state index is 13.6. The second-order valence-corrected chi connectivity index (χ2v) is 9.78. The second kappa shape index (κ2) is 11.3. The predicted molar refractivity (Wildman–Crippen MR) is 144 cm³/mol. The number of hydrogen-bond acceptors (Lipinski definition) is 8. The van der Waals surface area contributed by atoms with E-state index in [9.17, 15) is 14.4 Å². The molecule has 4 aromatic rings. The minimum Gasteiger partial charge on any atom is -0.379 e. The molecule has 0 aliphatic carbocycles. The molecular formula is C25H21BrClFN8O2. The standard InChI is InChI=1S/C25H21BrClFN8O2/c26-20-8-17(30-12-18-13-36(34-33-18)14-23(37)35-3-5-38-6-4-35)7-19-24(15(10-29)11-31-25(19)20)32-16-1-2-22(28)21(27)9-16/h1-2,7-9,11,13,30H,3-6,12,14H2,(H,31,32). The van der Waals surface area contributed by atoms with Gasteiger partial charge in [-0.2, -0.15) is 5.26 Å². The number of pyridine rings is 1.